The summed E-state index contributed by atoms with van der Waals surface area (Å²) in [4.78, 5) is -0.0666. The van der Waals surface area contributed by atoms with E-state index in [1.807, 2.05) is 6.92 Å². The minimum absolute atomic E-state index is 0.0666. The van der Waals surface area contributed by atoms with Gasteiger partial charge in [0.25, 0.3) is 10.1 Å². The van der Waals surface area contributed by atoms with Crippen molar-refractivity contribution >= 4 is 10.1 Å². The van der Waals surface area contributed by atoms with Gasteiger partial charge in [-0.05, 0) is 26.0 Å². The second-order valence-electron chi connectivity index (χ2n) is 3.03. The second-order valence-corrected chi connectivity index (χ2v) is 4.45. The number of nitrogens with two attached hydrogens (primary N) is 1. The van der Waals surface area contributed by atoms with Crippen LogP contribution in [0.1, 0.15) is 12.5 Å². The topological polar surface area (TPSA) is 101 Å². The second kappa shape index (κ2) is 5.82. The van der Waals surface area contributed by atoms with Crippen LogP contribution in [0.4, 0.5) is 0 Å². The van der Waals surface area contributed by atoms with Crippen molar-refractivity contribution in [1.29, 1.82) is 0 Å². The standard InChI is InChI=1S/C7H8O3S.C2H7NO/c1-6-2-4-7(5-3-6)11(8,9)10;1-2(3)4/h2-5H,1H3,(H,8,9,10);2,4H,3H2,1H3. The first kappa shape index (κ1) is 14.1. The number of hydrogen-bond acceptors (Lipinski definition) is 4. The summed E-state index contributed by atoms with van der Waals surface area (Å²) in [5, 5.41) is 7.83. The lowest BCUT2D eigenvalue weighted by Crippen LogP contribution is -2.11. The minimum atomic E-state index is -4.02. The Morgan fingerprint density at radius 2 is 1.60 bits per heavy atom. The van der Waals surface area contributed by atoms with Crippen LogP contribution in [0.5, 0.6) is 0 Å². The van der Waals surface area contributed by atoms with Gasteiger partial charge in [0.2, 0.25) is 0 Å². The van der Waals surface area contributed by atoms with E-state index in [0.717, 1.165) is 5.56 Å². The van der Waals surface area contributed by atoms with E-state index in [1.54, 1.807) is 12.1 Å². The molecule has 1 aromatic carbocycles. The molecule has 6 heteroatoms. The van der Waals surface area contributed by atoms with E-state index in [9.17, 15) is 8.42 Å². The highest BCUT2D eigenvalue weighted by Crippen LogP contribution is 2.08. The van der Waals surface area contributed by atoms with Crippen molar-refractivity contribution in [3.8, 4) is 0 Å². The molecule has 5 nitrogen and oxygen atoms in total. The van der Waals surface area contributed by atoms with Gasteiger partial charge in [-0.1, -0.05) is 17.7 Å². The molecule has 0 amide bonds. The van der Waals surface area contributed by atoms with Gasteiger partial charge in [-0.15, -0.1) is 0 Å². The molecule has 0 spiro atoms. The fraction of sp³-hybridized carbons (Fsp3) is 0.333. The fourth-order valence-electron chi connectivity index (χ4n) is 0.710. The number of hydrogen-bond donors (Lipinski definition) is 3. The normalized spacial score (nSPS) is 12.6. The van der Waals surface area contributed by atoms with Gasteiger partial charge in [-0.3, -0.25) is 4.55 Å². The molecular formula is C9H15NO4S. The zero-order valence-electron chi connectivity index (χ0n) is 8.58. The van der Waals surface area contributed by atoms with E-state index in [2.05, 4.69) is 5.73 Å². The van der Waals surface area contributed by atoms with Crippen LogP contribution >= 0.6 is 0 Å². The Kier molecular flexibility index (Phi) is 5.45. The Hall–Kier alpha value is -0.950. The van der Waals surface area contributed by atoms with E-state index in [0.29, 0.717) is 0 Å². The Morgan fingerprint density at radius 1 is 1.27 bits per heavy atom. The van der Waals surface area contributed by atoms with Crippen LogP contribution in [-0.4, -0.2) is 24.3 Å². The van der Waals surface area contributed by atoms with Crippen LogP contribution in [-0.2, 0) is 10.1 Å². The van der Waals surface area contributed by atoms with Gasteiger partial charge in [-0.2, -0.15) is 8.42 Å². The highest BCUT2D eigenvalue weighted by molar-refractivity contribution is 7.85. The molecule has 0 aliphatic heterocycles. The number of benzene rings is 1. The molecule has 0 radical (unpaired) electrons. The van der Waals surface area contributed by atoms with Crippen LogP contribution in [0, 0.1) is 6.92 Å². The first-order chi connectivity index (χ1) is 6.73. The summed E-state index contributed by atoms with van der Waals surface area (Å²) < 4.78 is 29.6. The summed E-state index contributed by atoms with van der Waals surface area (Å²) in [7, 11) is -4.02. The van der Waals surface area contributed by atoms with Gasteiger partial charge >= 0.3 is 0 Å². The van der Waals surface area contributed by atoms with Gasteiger partial charge in [0, 0.05) is 0 Å². The molecule has 0 fully saturated rings. The van der Waals surface area contributed by atoms with E-state index in [4.69, 9.17) is 9.66 Å². The Balaban J connectivity index is 0.000000423. The number of aliphatic hydroxyl groups excluding tert-OH is 1. The molecule has 0 aliphatic rings. The summed E-state index contributed by atoms with van der Waals surface area (Å²) in [5.74, 6) is 0. The Morgan fingerprint density at radius 3 is 1.87 bits per heavy atom. The number of aryl methyl sites for hydroxylation is 1. The molecule has 1 unspecified atom stereocenters. The maximum absolute atomic E-state index is 10.5. The molecule has 86 valence electrons. The summed E-state index contributed by atoms with van der Waals surface area (Å²) in [6, 6.07) is 5.99. The largest absolute Gasteiger partial charge is 0.379 e. The molecule has 1 aromatic rings. The van der Waals surface area contributed by atoms with E-state index in [-0.39, 0.29) is 4.90 Å². The molecule has 0 saturated heterocycles. The molecule has 0 saturated carbocycles. The van der Waals surface area contributed by atoms with Crippen molar-refractivity contribution in [2.75, 3.05) is 0 Å². The summed E-state index contributed by atoms with van der Waals surface area (Å²) in [5.41, 5.74) is 5.62. The average Bonchev–Trinajstić information content (AvgIpc) is 2.01. The van der Waals surface area contributed by atoms with Crippen LogP contribution < -0.4 is 5.73 Å². The van der Waals surface area contributed by atoms with Crippen molar-refractivity contribution in [3.05, 3.63) is 29.8 Å². The third-order valence-corrected chi connectivity index (χ3v) is 2.19. The molecule has 1 atom stereocenters. The average molecular weight is 233 g/mol. The minimum Gasteiger partial charge on any atom is -0.379 e. The van der Waals surface area contributed by atoms with Crippen molar-refractivity contribution in [3.63, 3.8) is 0 Å². The van der Waals surface area contributed by atoms with Crippen molar-refractivity contribution in [1.82, 2.24) is 0 Å². The summed E-state index contributed by atoms with van der Waals surface area (Å²) in [6.45, 7) is 3.34. The maximum atomic E-state index is 10.5. The Bertz CT molecular complexity index is 380. The van der Waals surface area contributed by atoms with Crippen molar-refractivity contribution in [2.24, 2.45) is 5.73 Å². The molecule has 0 aromatic heterocycles. The zero-order valence-corrected chi connectivity index (χ0v) is 9.40. The van der Waals surface area contributed by atoms with E-state index < -0.39 is 16.3 Å². The molecule has 15 heavy (non-hydrogen) atoms. The SMILES string of the molecule is CC(N)O.Cc1ccc(S(=O)(=O)O)cc1. The third kappa shape index (κ3) is 7.03. The lowest BCUT2D eigenvalue weighted by atomic mass is 10.2. The molecule has 1 rings (SSSR count). The highest BCUT2D eigenvalue weighted by atomic mass is 32.2. The van der Waals surface area contributed by atoms with E-state index in [1.165, 1.54) is 19.1 Å². The maximum Gasteiger partial charge on any atom is 0.294 e. The van der Waals surface area contributed by atoms with Crippen LogP contribution in [0.25, 0.3) is 0 Å². The molecule has 4 N–H and O–H groups in total. The van der Waals surface area contributed by atoms with Crippen molar-refractivity contribution in [2.45, 2.75) is 25.0 Å². The first-order valence-corrected chi connectivity index (χ1v) is 5.65. The summed E-state index contributed by atoms with van der Waals surface area (Å²) >= 11 is 0. The monoisotopic (exact) mass is 233 g/mol. The lowest BCUT2D eigenvalue weighted by molar-refractivity contribution is 0.203. The fourth-order valence-corrected chi connectivity index (χ4v) is 1.19. The van der Waals surface area contributed by atoms with Gasteiger partial charge in [0.05, 0.1) is 11.1 Å². The molecule has 0 heterocycles. The van der Waals surface area contributed by atoms with Gasteiger partial charge < -0.3 is 10.8 Å². The van der Waals surface area contributed by atoms with Gasteiger partial charge in [0.1, 0.15) is 0 Å². The van der Waals surface area contributed by atoms with Crippen LogP contribution in [0.2, 0.25) is 0 Å². The number of aliphatic hydroxyl groups is 1. The smallest absolute Gasteiger partial charge is 0.294 e. The third-order valence-electron chi connectivity index (χ3n) is 1.32. The first-order valence-electron chi connectivity index (χ1n) is 4.21. The van der Waals surface area contributed by atoms with E-state index >= 15 is 0 Å². The lowest BCUT2D eigenvalue weighted by Gasteiger charge is -1.95. The van der Waals surface area contributed by atoms with Crippen molar-refractivity contribution < 1.29 is 18.1 Å². The molecule has 0 bridgehead atoms. The predicted molar refractivity (Wildman–Crippen MR) is 56.9 cm³/mol. The Labute approximate surface area is 89.3 Å². The van der Waals surface area contributed by atoms with Gasteiger partial charge in [-0.25, -0.2) is 0 Å². The quantitative estimate of drug-likeness (QED) is 0.485. The zero-order chi connectivity index (χ0) is 12.1. The highest BCUT2D eigenvalue weighted by Gasteiger charge is 2.06. The molecule has 0 aliphatic carbocycles. The summed E-state index contributed by atoms with van der Waals surface area (Å²) in [6.07, 6.45) is -0.667. The number of rotatable bonds is 1. The molecular weight excluding hydrogens is 218 g/mol. The van der Waals surface area contributed by atoms with Gasteiger partial charge in [0.15, 0.2) is 0 Å². The van der Waals surface area contributed by atoms with Crippen LogP contribution in [0.3, 0.4) is 0 Å². The van der Waals surface area contributed by atoms with Crippen LogP contribution in [0.15, 0.2) is 29.2 Å². The predicted octanol–water partition coefficient (Wildman–Crippen LogP) is 0.525.